The Kier molecular flexibility index (Phi) is 5.35. The molecule has 4 nitrogen and oxygen atoms in total. The summed E-state index contributed by atoms with van der Waals surface area (Å²) in [6, 6.07) is 17.3. The van der Waals surface area contributed by atoms with Crippen LogP contribution in [0.5, 0.6) is 0 Å². The Morgan fingerprint density at radius 1 is 0.957 bits per heavy atom. The summed E-state index contributed by atoms with van der Waals surface area (Å²) in [6.45, 7) is -0.238. The molecule has 0 spiro atoms. The Labute approximate surface area is 139 Å². The van der Waals surface area contributed by atoms with Crippen molar-refractivity contribution in [3.8, 4) is 0 Å². The Morgan fingerprint density at radius 2 is 1.52 bits per heavy atom. The van der Waals surface area contributed by atoms with Crippen LogP contribution in [0.4, 0.5) is 0 Å². The molecule has 2 aliphatic heterocycles. The van der Waals surface area contributed by atoms with Gasteiger partial charge in [0.05, 0.1) is 12.7 Å². The van der Waals surface area contributed by atoms with Crippen molar-refractivity contribution in [2.75, 3.05) is 6.61 Å². The topological polar surface area (TPSA) is 69.9 Å². The van der Waals surface area contributed by atoms with Gasteiger partial charge in [-0.2, -0.15) is 0 Å². The fraction of sp³-hybridized carbons (Fsp3) is 0.333. The lowest BCUT2D eigenvalue weighted by molar-refractivity contribution is -0.107. The monoisotopic (exact) mass is 332 g/mol. The van der Waals surface area contributed by atoms with Crippen LogP contribution in [-0.2, 0) is 11.2 Å². The summed E-state index contributed by atoms with van der Waals surface area (Å²) in [6.07, 6.45) is -0.938. The molecule has 23 heavy (non-hydrogen) atoms. The van der Waals surface area contributed by atoms with Crippen LogP contribution in [0.1, 0.15) is 17.5 Å². The molecule has 3 N–H and O–H groups in total. The van der Waals surface area contributed by atoms with E-state index in [4.69, 9.17) is 15.3 Å². The van der Waals surface area contributed by atoms with Crippen LogP contribution in [0.15, 0.2) is 58.3 Å². The van der Waals surface area contributed by atoms with Crippen LogP contribution in [-0.4, -0.2) is 40.4 Å². The summed E-state index contributed by atoms with van der Waals surface area (Å²) < 4.78 is 4.68. The summed E-state index contributed by atoms with van der Waals surface area (Å²) in [5.74, 6) is 0. The fourth-order valence-corrected chi connectivity index (χ4v) is 3.77. The maximum absolute atomic E-state index is 8.91. The minimum absolute atomic E-state index is 0.200. The maximum atomic E-state index is 8.91. The van der Waals surface area contributed by atoms with Gasteiger partial charge in [-0.25, -0.2) is 0 Å². The second kappa shape index (κ2) is 7.47. The minimum Gasteiger partial charge on any atom is -0.394 e. The lowest BCUT2D eigenvalue weighted by atomic mass is 10.0. The number of aliphatic hydroxyl groups excluding tert-OH is 3. The molecule has 4 rings (SSSR count). The van der Waals surface area contributed by atoms with Gasteiger partial charge < -0.3 is 20.1 Å². The van der Waals surface area contributed by atoms with Gasteiger partial charge in [-0.05, 0) is 29.7 Å². The van der Waals surface area contributed by atoms with Crippen molar-refractivity contribution in [3.63, 3.8) is 0 Å². The Hall–Kier alpha value is -1.37. The Balaban J connectivity index is 0.000000151. The van der Waals surface area contributed by atoms with Gasteiger partial charge in [0.1, 0.15) is 6.10 Å². The molecule has 0 aromatic heterocycles. The highest BCUT2D eigenvalue weighted by atomic mass is 32.2. The second-order valence-corrected chi connectivity index (χ2v) is 6.69. The Bertz CT molecular complexity index is 573. The third kappa shape index (κ3) is 3.94. The molecule has 1 unspecified atom stereocenters. The molecule has 0 bridgehead atoms. The lowest BCUT2D eigenvalue weighted by Crippen LogP contribution is -2.24. The number of hydrogen-bond acceptors (Lipinski definition) is 5. The molecule has 0 amide bonds. The molecule has 5 heteroatoms. The predicted molar refractivity (Wildman–Crippen MR) is 88.4 cm³/mol. The molecule has 1 fully saturated rings. The molecular formula is C18H20O4S. The zero-order valence-electron chi connectivity index (χ0n) is 12.6. The van der Waals surface area contributed by atoms with E-state index in [0.29, 0.717) is 0 Å². The quantitative estimate of drug-likeness (QED) is 0.637. The predicted octanol–water partition coefficient (Wildman–Crippen LogP) is 2.19. The van der Waals surface area contributed by atoms with Gasteiger partial charge in [0.15, 0.2) is 6.29 Å². The normalized spacial score (nSPS) is 25.1. The number of aliphatic hydroxyl groups is 3. The average molecular weight is 332 g/mol. The van der Waals surface area contributed by atoms with Gasteiger partial charge in [-0.15, -0.1) is 0 Å². The van der Waals surface area contributed by atoms with Crippen molar-refractivity contribution >= 4 is 11.8 Å². The molecule has 2 aliphatic rings. The van der Waals surface area contributed by atoms with Crippen LogP contribution in [0, 0.1) is 0 Å². The van der Waals surface area contributed by atoms with E-state index >= 15 is 0 Å². The zero-order valence-corrected chi connectivity index (χ0v) is 13.4. The minimum atomic E-state index is -0.905. The molecule has 2 aromatic carbocycles. The largest absolute Gasteiger partial charge is 0.394 e. The van der Waals surface area contributed by atoms with E-state index in [1.54, 1.807) is 0 Å². The zero-order chi connectivity index (χ0) is 16.2. The molecule has 122 valence electrons. The highest BCUT2D eigenvalue weighted by Gasteiger charge is 2.31. The van der Waals surface area contributed by atoms with E-state index in [1.165, 1.54) is 20.9 Å². The first-order valence-corrected chi connectivity index (χ1v) is 8.45. The number of fused-ring (bicyclic) bond motifs is 2. The summed E-state index contributed by atoms with van der Waals surface area (Å²) in [7, 11) is 0. The maximum Gasteiger partial charge on any atom is 0.157 e. The Morgan fingerprint density at radius 3 is 1.96 bits per heavy atom. The van der Waals surface area contributed by atoms with E-state index in [2.05, 4.69) is 53.3 Å². The summed E-state index contributed by atoms with van der Waals surface area (Å²) in [4.78, 5) is 2.82. The highest BCUT2D eigenvalue weighted by Crippen LogP contribution is 2.38. The van der Waals surface area contributed by atoms with Gasteiger partial charge in [0, 0.05) is 16.2 Å². The van der Waals surface area contributed by atoms with Gasteiger partial charge in [0.2, 0.25) is 0 Å². The fourth-order valence-electron chi connectivity index (χ4n) is 2.69. The van der Waals surface area contributed by atoms with Crippen LogP contribution < -0.4 is 0 Å². The highest BCUT2D eigenvalue weighted by molar-refractivity contribution is 7.99. The van der Waals surface area contributed by atoms with Gasteiger partial charge >= 0.3 is 0 Å². The molecular weight excluding hydrogens is 312 g/mol. The molecule has 0 radical (unpaired) electrons. The molecule has 2 aromatic rings. The summed E-state index contributed by atoms with van der Waals surface area (Å²) >= 11 is 1.88. The van der Waals surface area contributed by atoms with Crippen LogP contribution in [0.3, 0.4) is 0 Å². The van der Waals surface area contributed by atoms with Crippen molar-refractivity contribution < 1.29 is 20.1 Å². The summed E-state index contributed by atoms with van der Waals surface area (Å²) in [5.41, 5.74) is 2.91. The van der Waals surface area contributed by atoms with Crippen LogP contribution >= 0.6 is 11.8 Å². The number of benzene rings is 2. The van der Waals surface area contributed by atoms with Crippen molar-refractivity contribution in [2.45, 2.75) is 41.1 Å². The summed E-state index contributed by atoms with van der Waals surface area (Å²) in [5, 5.41) is 26.1. The van der Waals surface area contributed by atoms with E-state index in [0.717, 1.165) is 6.42 Å². The number of ether oxygens (including phenoxy) is 1. The molecule has 0 aliphatic carbocycles. The first-order chi connectivity index (χ1) is 11.2. The molecule has 1 saturated heterocycles. The van der Waals surface area contributed by atoms with E-state index in [9.17, 15) is 0 Å². The smallest absolute Gasteiger partial charge is 0.157 e. The SMILES string of the molecule is OC[C@H]1OC(O)C[C@@H]1O.c1ccc2c(c1)Cc1ccccc1S2. The van der Waals surface area contributed by atoms with Crippen LogP contribution in [0.2, 0.25) is 0 Å². The molecule has 0 saturated carbocycles. The molecule has 2 heterocycles. The van der Waals surface area contributed by atoms with Gasteiger partial charge in [-0.3, -0.25) is 0 Å². The van der Waals surface area contributed by atoms with E-state index < -0.39 is 18.5 Å². The van der Waals surface area contributed by atoms with Crippen molar-refractivity contribution in [3.05, 3.63) is 59.7 Å². The molecule has 3 atom stereocenters. The van der Waals surface area contributed by atoms with Crippen molar-refractivity contribution in [1.29, 1.82) is 0 Å². The van der Waals surface area contributed by atoms with Crippen molar-refractivity contribution in [2.24, 2.45) is 0 Å². The number of hydrogen-bond donors (Lipinski definition) is 3. The first kappa shape index (κ1) is 16.5. The third-order valence-electron chi connectivity index (χ3n) is 3.93. The van der Waals surface area contributed by atoms with Gasteiger partial charge in [0.25, 0.3) is 0 Å². The average Bonchev–Trinajstić information content (AvgIpc) is 2.91. The first-order valence-electron chi connectivity index (χ1n) is 7.63. The number of rotatable bonds is 1. The van der Waals surface area contributed by atoms with E-state index in [-0.39, 0.29) is 13.0 Å². The lowest BCUT2D eigenvalue weighted by Gasteiger charge is -2.17. The third-order valence-corrected chi connectivity index (χ3v) is 5.17. The van der Waals surface area contributed by atoms with Crippen molar-refractivity contribution in [1.82, 2.24) is 0 Å². The van der Waals surface area contributed by atoms with Gasteiger partial charge in [-0.1, -0.05) is 48.2 Å². The van der Waals surface area contributed by atoms with E-state index in [1.807, 2.05) is 11.8 Å². The standard InChI is InChI=1S/C13H10S.C5H10O4/c1-3-7-12-10(5-1)9-11-6-2-4-8-13(11)14-12;6-2-4-3(7)1-5(8)9-4/h1-8H,9H2;3-8H,1-2H2/t;3-,4+,5?/m.0/s1. The van der Waals surface area contributed by atoms with Crippen LogP contribution in [0.25, 0.3) is 0 Å². The second-order valence-electron chi connectivity index (χ2n) is 5.61.